The quantitative estimate of drug-likeness (QED) is 0.716. The van der Waals surface area contributed by atoms with Gasteiger partial charge in [0, 0.05) is 38.4 Å². The number of H-pyrrole nitrogens is 1. The number of aliphatic hydroxyl groups is 1. The molecule has 27 heavy (non-hydrogen) atoms. The molecule has 142 valence electrons. The van der Waals surface area contributed by atoms with Gasteiger partial charge < -0.3 is 14.6 Å². The number of carbonyl (C=O) groups is 1. The number of rotatable bonds is 5. The van der Waals surface area contributed by atoms with Crippen LogP contribution in [0.1, 0.15) is 34.9 Å². The molecule has 2 N–H and O–H groups in total. The van der Waals surface area contributed by atoms with Gasteiger partial charge in [-0.3, -0.25) is 14.6 Å². The highest BCUT2D eigenvalue weighted by Gasteiger charge is 2.28. The molecular weight excluding hydrogens is 344 g/mol. The third-order valence-electron chi connectivity index (χ3n) is 5.13. The number of likely N-dealkylation sites (tertiary alicyclic amines) is 1. The van der Waals surface area contributed by atoms with Crippen molar-refractivity contribution in [2.45, 2.75) is 25.3 Å². The van der Waals surface area contributed by atoms with Crippen molar-refractivity contribution in [1.82, 2.24) is 29.4 Å². The van der Waals surface area contributed by atoms with E-state index in [4.69, 9.17) is 5.11 Å². The van der Waals surface area contributed by atoms with Crippen LogP contribution in [0.15, 0.2) is 36.7 Å². The number of amides is 1. The number of nitrogens with zero attached hydrogens (tertiary/aromatic N) is 5. The van der Waals surface area contributed by atoms with Gasteiger partial charge in [-0.25, -0.2) is 0 Å². The highest BCUT2D eigenvalue weighted by molar-refractivity contribution is 5.93. The Hall–Kier alpha value is -2.87. The van der Waals surface area contributed by atoms with Crippen LogP contribution in [-0.4, -0.2) is 60.2 Å². The number of hydrogen-bond donors (Lipinski definition) is 2. The largest absolute Gasteiger partial charge is 0.394 e. The Morgan fingerprint density at radius 2 is 2.26 bits per heavy atom. The molecule has 8 nitrogen and oxygen atoms in total. The molecule has 0 spiro atoms. The van der Waals surface area contributed by atoms with Gasteiger partial charge >= 0.3 is 0 Å². The topological polar surface area (TPSA) is 92.0 Å². The standard InChI is InChI=1S/C19H24N6O2/c1-23-7-3-5-18(23)16-12-17(21-20-16)19(27)24-8-2-4-14(13-24)15-6-9-25(22-15)10-11-26/h3,5-7,9,12,14,26H,2,4,8,10-11,13H2,1H3,(H,20,21)/t14-/m1/s1. The summed E-state index contributed by atoms with van der Waals surface area (Å²) in [5, 5.41) is 20.8. The summed E-state index contributed by atoms with van der Waals surface area (Å²) in [5.41, 5.74) is 3.23. The van der Waals surface area contributed by atoms with Crippen molar-refractivity contribution in [3.8, 4) is 11.4 Å². The van der Waals surface area contributed by atoms with Crippen LogP contribution >= 0.6 is 0 Å². The predicted molar refractivity (Wildman–Crippen MR) is 100 cm³/mol. The van der Waals surface area contributed by atoms with E-state index >= 15 is 0 Å². The molecule has 3 aromatic heterocycles. The molecule has 4 rings (SSSR count). The molecular formula is C19H24N6O2. The highest BCUT2D eigenvalue weighted by Crippen LogP contribution is 2.27. The van der Waals surface area contributed by atoms with E-state index in [1.165, 1.54) is 0 Å². The maximum Gasteiger partial charge on any atom is 0.271 e. The van der Waals surface area contributed by atoms with E-state index < -0.39 is 0 Å². The first kappa shape index (κ1) is 17.5. The highest BCUT2D eigenvalue weighted by atomic mass is 16.3. The van der Waals surface area contributed by atoms with E-state index in [2.05, 4.69) is 15.3 Å². The van der Waals surface area contributed by atoms with Crippen LogP contribution in [0.4, 0.5) is 0 Å². The van der Waals surface area contributed by atoms with Crippen LogP contribution in [0.3, 0.4) is 0 Å². The lowest BCUT2D eigenvalue weighted by Gasteiger charge is -2.31. The van der Waals surface area contributed by atoms with Gasteiger partial charge in [-0.1, -0.05) is 0 Å². The van der Waals surface area contributed by atoms with Crippen molar-refractivity contribution in [2.75, 3.05) is 19.7 Å². The molecule has 1 aliphatic heterocycles. The Morgan fingerprint density at radius 1 is 1.37 bits per heavy atom. The minimum Gasteiger partial charge on any atom is -0.394 e. The fourth-order valence-corrected chi connectivity index (χ4v) is 3.69. The van der Waals surface area contributed by atoms with Gasteiger partial charge in [0.05, 0.1) is 24.5 Å². The molecule has 4 heterocycles. The zero-order valence-corrected chi connectivity index (χ0v) is 15.4. The predicted octanol–water partition coefficient (Wildman–Crippen LogP) is 1.62. The van der Waals surface area contributed by atoms with Crippen molar-refractivity contribution in [1.29, 1.82) is 0 Å². The molecule has 1 aliphatic rings. The van der Waals surface area contributed by atoms with E-state index in [1.54, 1.807) is 4.68 Å². The second-order valence-corrected chi connectivity index (χ2v) is 6.99. The molecule has 1 atom stereocenters. The number of aliphatic hydroxyl groups excluding tert-OH is 1. The normalized spacial score (nSPS) is 17.4. The lowest BCUT2D eigenvalue weighted by atomic mass is 9.95. The molecule has 1 amide bonds. The number of hydrogen-bond acceptors (Lipinski definition) is 4. The maximum atomic E-state index is 12.9. The fourth-order valence-electron chi connectivity index (χ4n) is 3.69. The lowest BCUT2D eigenvalue weighted by molar-refractivity contribution is 0.0699. The minimum absolute atomic E-state index is 0.0255. The zero-order chi connectivity index (χ0) is 18.8. The molecule has 0 radical (unpaired) electrons. The van der Waals surface area contributed by atoms with Gasteiger partial charge in [0.2, 0.25) is 0 Å². The second-order valence-electron chi connectivity index (χ2n) is 6.99. The molecule has 0 aliphatic carbocycles. The summed E-state index contributed by atoms with van der Waals surface area (Å²) in [7, 11) is 1.96. The van der Waals surface area contributed by atoms with Gasteiger partial charge in [-0.2, -0.15) is 10.2 Å². The molecule has 0 aromatic carbocycles. The average Bonchev–Trinajstić information content (AvgIpc) is 3.42. The van der Waals surface area contributed by atoms with Crippen molar-refractivity contribution in [3.63, 3.8) is 0 Å². The smallest absolute Gasteiger partial charge is 0.271 e. The lowest BCUT2D eigenvalue weighted by Crippen LogP contribution is -2.39. The van der Waals surface area contributed by atoms with Gasteiger partial charge in [-0.15, -0.1) is 0 Å². The minimum atomic E-state index is -0.0255. The number of aromatic nitrogens is 5. The first-order valence-corrected chi connectivity index (χ1v) is 9.26. The van der Waals surface area contributed by atoms with E-state index in [9.17, 15) is 4.79 Å². The fraction of sp³-hybridized carbons (Fsp3) is 0.421. The van der Waals surface area contributed by atoms with Crippen LogP contribution in [0, 0.1) is 0 Å². The van der Waals surface area contributed by atoms with Crippen LogP contribution in [-0.2, 0) is 13.6 Å². The van der Waals surface area contributed by atoms with Crippen LogP contribution in [0.25, 0.3) is 11.4 Å². The molecule has 8 heteroatoms. The van der Waals surface area contributed by atoms with Crippen LogP contribution < -0.4 is 0 Å². The SMILES string of the molecule is Cn1cccc1-c1cc(C(=O)N2CCC[C@@H](c3ccn(CCO)n3)C2)[nH]n1. The Morgan fingerprint density at radius 3 is 3.04 bits per heavy atom. The Labute approximate surface area is 157 Å². The van der Waals surface area contributed by atoms with E-state index in [-0.39, 0.29) is 18.4 Å². The van der Waals surface area contributed by atoms with Crippen LogP contribution in [0.2, 0.25) is 0 Å². The van der Waals surface area contributed by atoms with Crippen LogP contribution in [0.5, 0.6) is 0 Å². The summed E-state index contributed by atoms with van der Waals surface area (Å²) in [6.07, 6.45) is 5.80. The van der Waals surface area contributed by atoms with E-state index in [1.807, 2.05) is 53.2 Å². The molecule has 1 fully saturated rings. The zero-order valence-electron chi connectivity index (χ0n) is 15.4. The molecule has 0 saturated carbocycles. The Bertz CT molecular complexity index is 924. The van der Waals surface area contributed by atoms with Gasteiger partial charge in [-0.05, 0) is 37.1 Å². The second kappa shape index (κ2) is 7.40. The number of piperidine rings is 1. The van der Waals surface area contributed by atoms with E-state index in [0.717, 1.165) is 36.5 Å². The summed E-state index contributed by atoms with van der Waals surface area (Å²) >= 11 is 0. The molecule has 0 unspecified atom stereocenters. The first-order chi connectivity index (χ1) is 13.2. The molecule has 3 aromatic rings. The summed E-state index contributed by atoms with van der Waals surface area (Å²) < 4.78 is 3.72. The van der Waals surface area contributed by atoms with E-state index in [0.29, 0.717) is 18.8 Å². The van der Waals surface area contributed by atoms with Crippen molar-refractivity contribution >= 4 is 5.91 Å². The van der Waals surface area contributed by atoms with Crippen molar-refractivity contribution in [2.24, 2.45) is 7.05 Å². The number of aryl methyl sites for hydroxylation is 1. The number of aromatic amines is 1. The number of carbonyl (C=O) groups excluding carboxylic acids is 1. The third-order valence-corrected chi connectivity index (χ3v) is 5.13. The van der Waals surface area contributed by atoms with Gasteiger partial charge in [0.25, 0.3) is 5.91 Å². The van der Waals surface area contributed by atoms with Gasteiger partial charge in [0.1, 0.15) is 11.4 Å². The Balaban J connectivity index is 1.47. The third kappa shape index (κ3) is 3.52. The first-order valence-electron chi connectivity index (χ1n) is 9.26. The average molecular weight is 368 g/mol. The van der Waals surface area contributed by atoms with Crippen molar-refractivity contribution < 1.29 is 9.90 Å². The monoisotopic (exact) mass is 368 g/mol. The maximum absolute atomic E-state index is 12.9. The molecule has 1 saturated heterocycles. The summed E-state index contributed by atoms with van der Waals surface area (Å²) in [6.45, 7) is 1.95. The van der Waals surface area contributed by atoms with Crippen molar-refractivity contribution in [3.05, 3.63) is 48.0 Å². The number of nitrogens with one attached hydrogen (secondary N) is 1. The summed E-state index contributed by atoms with van der Waals surface area (Å²) in [4.78, 5) is 14.8. The summed E-state index contributed by atoms with van der Waals surface area (Å²) in [6, 6.07) is 7.73. The summed E-state index contributed by atoms with van der Waals surface area (Å²) in [5.74, 6) is 0.195. The molecule has 0 bridgehead atoms. The van der Waals surface area contributed by atoms with Gasteiger partial charge in [0.15, 0.2) is 0 Å². The Kier molecular flexibility index (Phi) is 4.81.